The number of rotatable bonds is 12. The van der Waals surface area contributed by atoms with Crippen LogP contribution in [0.2, 0.25) is 0 Å². The molecule has 180 valence electrons. The molecule has 1 fully saturated rings. The lowest BCUT2D eigenvalue weighted by molar-refractivity contribution is -0.149. The Bertz CT molecular complexity index is 756. The van der Waals surface area contributed by atoms with E-state index < -0.39 is 66.1 Å². The molecule has 13 heteroatoms. The van der Waals surface area contributed by atoms with Crippen LogP contribution in [0.4, 0.5) is 0 Å². The van der Waals surface area contributed by atoms with E-state index in [4.69, 9.17) is 17.2 Å². The summed E-state index contributed by atoms with van der Waals surface area (Å²) in [5, 5.41) is 14.1. The smallest absolute Gasteiger partial charge is 0.326 e. The summed E-state index contributed by atoms with van der Waals surface area (Å²) in [6.07, 6.45) is -0.281. The van der Waals surface area contributed by atoms with E-state index in [0.717, 1.165) is 4.90 Å². The van der Waals surface area contributed by atoms with Crippen molar-refractivity contribution in [1.82, 2.24) is 15.5 Å². The average molecular weight is 457 g/mol. The molecule has 0 aromatic heterocycles. The zero-order chi connectivity index (χ0) is 24.6. The van der Waals surface area contributed by atoms with Crippen molar-refractivity contribution < 1.29 is 33.9 Å². The van der Waals surface area contributed by atoms with Crippen molar-refractivity contribution in [2.45, 2.75) is 70.1 Å². The molecule has 0 aromatic rings. The van der Waals surface area contributed by atoms with Crippen LogP contribution in [-0.4, -0.2) is 76.2 Å². The summed E-state index contributed by atoms with van der Waals surface area (Å²) in [6.45, 7) is 3.56. The third-order valence-corrected chi connectivity index (χ3v) is 5.17. The number of carboxylic acids is 1. The van der Waals surface area contributed by atoms with Gasteiger partial charge in [-0.25, -0.2) is 4.79 Å². The predicted octanol–water partition coefficient (Wildman–Crippen LogP) is -2.84. The molecule has 4 unspecified atom stereocenters. The zero-order valence-electron chi connectivity index (χ0n) is 18.2. The van der Waals surface area contributed by atoms with E-state index in [1.165, 1.54) is 0 Å². The molecule has 13 nitrogen and oxygen atoms in total. The van der Waals surface area contributed by atoms with Crippen LogP contribution in [-0.2, 0) is 28.8 Å². The van der Waals surface area contributed by atoms with Gasteiger partial charge in [-0.1, -0.05) is 13.8 Å². The minimum absolute atomic E-state index is 0.170. The molecule has 1 heterocycles. The highest BCUT2D eigenvalue weighted by molar-refractivity contribution is 5.96. The summed E-state index contributed by atoms with van der Waals surface area (Å²) in [4.78, 5) is 73.3. The quantitative estimate of drug-likeness (QED) is 0.179. The van der Waals surface area contributed by atoms with Gasteiger partial charge in [0, 0.05) is 13.0 Å². The highest BCUT2D eigenvalue weighted by Crippen LogP contribution is 2.19. The van der Waals surface area contributed by atoms with E-state index in [0.29, 0.717) is 6.42 Å². The van der Waals surface area contributed by atoms with Crippen molar-refractivity contribution in [3.8, 4) is 0 Å². The molecule has 4 atom stereocenters. The minimum Gasteiger partial charge on any atom is -0.480 e. The van der Waals surface area contributed by atoms with Gasteiger partial charge >= 0.3 is 5.97 Å². The summed E-state index contributed by atoms with van der Waals surface area (Å²) < 4.78 is 0. The number of carbonyl (C=O) groups excluding carboxylic acids is 5. The number of carboxylic acid groups (broad SMARTS) is 1. The van der Waals surface area contributed by atoms with E-state index >= 15 is 0 Å². The van der Waals surface area contributed by atoms with Crippen LogP contribution in [0.15, 0.2) is 0 Å². The first-order valence-electron chi connectivity index (χ1n) is 10.3. The monoisotopic (exact) mass is 456 g/mol. The molecule has 0 aliphatic carbocycles. The van der Waals surface area contributed by atoms with Crippen molar-refractivity contribution in [2.75, 3.05) is 6.54 Å². The maximum Gasteiger partial charge on any atom is 0.326 e. The lowest BCUT2D eigenvalue weighted by atomic mass is 10.0. The molecule has 9 N–H and O–H groups in total. The van der Waals surface area contributed by atoms with Crippen LogP contribution in [0, 0.1) is 5.92 Å². The third kappa shape index (κ3) is 7.80. The Morgan fingerprint density at radius 1 is 1.00 bits per heavy atom. The Morgan fingerprint density at radius 3 is 2.09 bits per heavy atom. The van der Waals surface area contributed by atoms with Crippen LogP contribution in [0.1, 0.15) is 46.0 Å². The first-order valence-corrected chi connectivity index (χ1v) is 10.3. The van der Waals surface area contributed by atoms with Gasteiger partial charge in [-0.2, -0.15) is 0 Å². The van der Waals surface area contributed by atoms with E-state index in [2.05, 4.69) is 10.6 Å². The van der Waals surface area contributed by atoms with Crippen LogP contribution in [0.5, 0.6) is 0 Å². The highest BCUT2D eigenvalue weighted by Gasteiger charge is 2.38. The molecule has 0 radical (unpaired) electrons. The number of likely N-dealkylation sites (tertiary alicyclic amines) is 1. The number of primary amides is 2. The summed E-state index contributed by atoms with van der Waals surface area (Å²) in [5.41, 5.74) is 16.1. The fraction of sp³-hybridized carbons (Fsp3) is 0.684. The number of nitrogens with zero attached hydrogens (tertiary/aromatic N) is 1. The van der Waals surface area contributed by atoms with Crippen molar-refractivity contribution in [3.05, 3.63) is 0 Å². The van der Waals surface area contributed by atoms with E-state index in [9.17, 15) is 33.9 Å². The van der Waals surface area contributed by atoms with E-state index in [1.807, 2.05) is 0 Å². The van der Waals surface area contributed by atoms with Gasteiger partial charge in [-0.3, -0.25) is 24.0 Å². The maximum atomic E-state index is 13.0. The molecule has 1 aliphatic rings. The van der Waals surface area contributed by atoms with Gasteiger partial charge < -0.3 is 37.8 Å². The lowest BCUT2D eigenvalue weighted by Gasteiger charge is -2.28. The Hall–Kier alpha value is -3.22. The van der Waals surface area contributed by atoms with Gasteiger partial charge in [0.05, 0.1) is 12.5 Å². The van der Waals surface area contributed by atoms with Gasteiger partial charge in [0.25, 0.3) is 0 Å². The van der Waals surface area contributed by atoms with Gasteiger partial charge in [0.1, 0.15) is 18.1 Å². The minimum atomic E-state index is -1.41. The Morgan fingerprint density at radius 2 is 1.59 bits per heavy atom. The number of aliphatic carboxylic acids is 1. The average Bonchev–Trinajstić information content (AvgIpc) is 3.18. The Labute approximate surface area is 185 Å². The fourth-order valence-corrected chi connectivity index (χ4v) is 3.28. The predicted molar refractivity (Wildman–Crippen MR) is 111 cm³/mol. The largest absolute Gasteiger partial charge is 0.480 e. The summed E-state index contributed by atoms with van der Waals surface area (Å²) in [5.74, 6) is -5.33. The van der Waals surface area contributed by atoms with Crippen molar-refractivity contribution in [3.63, 3.8) is 0 Å². The van der Waals surface area contributed by atoms with Crippen LogP contribution in [0.3, 0.4) is 0 Å². The normalized spacial score (nSPS) is 18.5. The molecular formula is C19H32N6O7. The number of hydrogen-bond donors (Lipinski definition) is 6. The molecule has 0 spiro atoms. The molecule has 5 amide bonds. The number of amides is 5. The molecule has 0 bridgehead atoms. The Balaban J connectivity index is 3.05. The molecule has 1 aliphatic heterocycles. The molecule has 32 heavy (non-hydrogen) atoms. The summed E-state index contributed by atoms with van der Waals surface area (Å²) in [6, 6.07) is -4.71. The second-order valence-electron chi connectivity index (χ2n) is 8.10. The van der Waals surface area contributed by atoms with Gasteiger partial charge in [0.2, 0.25) is 29.5 Å². The highest BCUT2D eigenvalue weighted by atomic mass is 16.4. The summed E-state index contributed by atoms with van der Waals surface area (Å²) >= 11 is 0. The second kappa shape index (κ2) is 12.0. The van der Waals surface area contributed by atoms with E-state index in [1.54, 1.807) is 13.8 Å². The van der Waals surface area contributed by atoms with Crippen LogP contribution >= 0.6 is 0 Å². The summed E-state index contributed by atoms with van der Waals surface area (Å²) in [7, 11) is 0. The van der Waals surface area contributed by atoms with Crippen LogP contribution < -0.4 is 27.8 Å². The Kier molecular flexibility index (Phi) is 10.0. The molecule has 1 saturated heterocycles. The zero-order valence-corrected chi connectivity index (χ0v) is 18.2. The van der Waals surface area contributed by atoms with Crippen molar-refractivity contribution in [1.29, 1.82) is 0 Å². The van der Waals surface area contributed by atoms with Gasteiger partial charge in [-0.15, -0.1) is 0 Å². The van der Waals surface area contributed by atoms with Crippen molar-refractivity contribution in [2.24, 2.45) is 23.1 Å². The molecule has 0 saturated carbocycles. The third-order valence-electron chi connectivity index (χ3n) is 5.17. The first-order chi connectivity index (χ1) is 14.8. The van der Waals surface area contributed by atoms with Gasteiger partial charge in [0.15, 0.2) is 0 Å². The maximum absolute atomic E-state index is 13.0. The number of nitrogens with two attached hydrogens (primary N) is 3. The van der Waals surface area contributed by atoms with Gasteiger partial charge in [-0.05, 0) is 25.2 Å². The molecular weight excluding hydrogens is 424 g/mol. The SMILES string of the molecule is CC(C)C(N)C(=O)NC(CC(N)=O)C(=O)NC(CCC(N)=O)C(=O)N1CCCC1C(=O)O. The second-order valence-corrected chi connectivity index (χ2v) is 8.10. The standard InChI is InChI=1S/C19H32N6O7/c1-9(2)15(22)17(29)24-11(8-14(21)27)16(28)23-10(5-6-13(20)26)18(30)25-7-3-4-12(25)19(31)32/h9-12,15H,3-8,22H2,1-2H3,(H2,20,26)(H2,21,27)(H,23,28)(H,24,29)(H,31,32). The number of nitrogens with one attached hydrogen (secondary N) is 2. The topological polar surface area (TPSA) is 228 Å². The van der Waals surface area contributed by atoms with E-state index in [-0.39, 0.29) is 31.7 Å². The fourth-order valence-electron chi connectivity index (χ4n) is 3.28. The van der Waals surface area contributed by atoms with Crippen molar-refractivity contribution >= 4 is 35.5 Å². The molecule has 0 aromatic carbocycles. The number of carbonyl (C=O) groups is 6. The lowest BCUT2D eigenvalue weighted by Crippen LogP contribution is -2.58. The first kappa shape index (κ1) is 26.8. The number of hydrogen-bond acceptors (Lipinski definition) is 7. The van der Waals surface area contributed by atoms with Crippen LogP contribution in [0.25, 0.3) is 0 Å². The molecule has 1 rings (SSSR count).